The molecule has 0 unspecified atom stereocenters. The highest BCUT2D eigenvalue weighted by Gasteiger charge is 2.41. The highest BCUT2D eigenvalue weighted by molar-refractivity contribution is 8.00. The van der Waals surface area contributed by atoms with Crippen molar-refractivity contribution in [3.8, 4) is 0 Å². The van der Waals surface area contributed by atoms with E-state index >= 15 is 0 Å². The zero-order valence-corrected chi connectivity index (χ0v) is 11.1. The third-order valence-corrected chi connectivity index (χ3v) is 4.35. The number of amides is 1. The fraction of sp³-hybridized carbons (Fsp3) is 0.800. The van der Waals surface area contributed by atoms with Gasteiger partial charge in [0.2, 0.25) is 5.91 Å². The zero-order chi connectivity index (χ0) is 12.1. The van der Waals surface area contributed by atoms with Gasteiger partial charge in [-0.05, 0) is 18.4 Å². The molecule has 0 spiro atoms. The molecule has 1 amide bonds. The molecule has 0 aromatic heterocycles. The van der Waals surface area contributed by atoms with E-state index in [9.17, 15) is 14.7 Å². The molecule has 6 heteroatoms. The molecule has 4 nitrogen and oxygen atoms in total. The topological polar surface area (TPSA) is 57.6 Å². The Hall–Kier alpha value is -0.360. The lowest BCUT2D eigenvalue weighted by Gasteiger charge is -2.24. The predicted octanol–water partition coefficient (Wildman–Crippen LogP) is 1.16. The molecule has 16 heavy (non-hydrogen) atoms. The molecule has 2 atom stereocenters. The Morgan fingerprint density at radius 3 is 2.69 bits per heavy atom. The normalized spacial score (nSPS) is 24.8. The summed E-state index contributed by atoms with van der Waals surface area (Å²) < 4.78 is 0. The Labute approximate surface area is 104 Å². The summed E-state index contributed by atoms with van der Waals surface area (Å²) in [5.41, 5.74) is 0. The molecular weight excluding hydrogens is 246 g/mol. The molecule has 0 bridgehead atoms. The Bertz CT molecular complexity index is 273. The highest BCUT2D eigenvalue weighted by Crippen LogP contribution is 2.29. The van der Waals surface area contributed by atoms with E-state index in [-0.39, 0.29) is 11.2 Å². The smallest absolute Gasteiger partial charge is 0.327 e. The van der Waals surface area contributed by atoms with Crippen molar-refractivity contribution >= 4 is 35.4 Å². The molecule has 0 aromatic carbocycles. The number of likely N-dealkylation sites (tertiary alicyclic amines) is 1. The van der Waals surface area contributed by atoms with E-state index in [4.69, 9.17) is 0 Å². The lowest BCUT2D eigenvalue weighted by atomic mass is 10.2. The van der Waals surface area contributed by atoms with Gasteiger partial charge in [-0.15, -0.1) is 0 Å². The zero-order valence-electron chi connectivity index (χ0n) is 9.51. The summed E-state index contributed by atoms with van der Waals surface area (Å²) in [5.74, 6) is 0.323. The number of carboxylic acid groups (broad SMARTS) is 1. The largest absolute Gasteiger partial charge is 0.480 e. The van der Waals surface area contributed by atoms with E-state index in [2.05, 4.69) is 0 Å². The van der Waals surface area contributed by atoms with Crippen LogP contribution < -0.4 is 0 Å². The van der Waals surface area contributed by atoms with Crippen molar-refractivity contribution in [2.45, 2.75) is 24.6 Å². The van der Waals surface area contributed by atoms with Crippen LogP contribution in [-0.2, 0) is 9.59 Å². The van der Waals surface area contributed by atoms with Crippen LogP contribution in [0.3, 0.4) is 0 Å². The first-order valence-corrected chi connectivity index (χ1v) is 7.68. The number of carbonyl (C=O) groups is 2. The number of carboxylic acids is 1. The quantitative estimate of drug-likeness (QED) is 0.806. The van der Waals surface area contributed by atoms with E-state index in [0.717, 1.165) is 12.2 Å². The van der Waals surface area contributed by atoms with Gasteiger partial charge < -0.3 is 10.0 Å². The molecule has 1 N–H and O–H groups in total. The van der Waals surface area contributed by atoms with Crippen LogP contribution in [0.5, 0.6) is 0 Å². The van der Waals surface area contributed by atoms with Crippen molar-refractivity contribution in [3.63, 3.8) is 0 Å². The van der Waals surface area contributed by atoms with Gasteiger partial charge in [-0.3, -0.25) is 4.79 Å². The first kappa shape index (κ1) is 13.7. The highest BCUT2D eigenvalue weighted by atomic mass is 32.2. The first-order chi connectivity index (χ1) is 7.61. The minimum Gasteiger partial charge on any atom is -0.480 e. The van der Waals surface area contributed by atoms with Crippen LogP contribution in [0.4, 0.5) is 0 Å². The Kier molecular flexibility index (Phi) is 5.48. The van der Waals surface area contributed by atoms with Gasteiger partial charge in [-0.25, -0.2) is 4.79 Å². The van der Waals surface area contributed by atoms with Gasteiger partial charge >= 0.3 is 5.97 Å². The molecule has 1 rings (SSSR count). The lowest BCUT2D eigenvalue weighted by Crippen LogP contribution is -2.45. The monoisotopic (exact) mass is 263 g/mol. The number of rotatable bonds is 5. The van der Waals surface area contributed by atoms with Crippen molar-refractivity contribution in [1.29, 1.82) is 0 Å². The van der Waals surface area contributed by atoms with Crippen molar-refractivity contribution in [1.82, 2.24) is 4.90 Å². The summed E-state index contributed by atoms with van der Waals surface area (Å²) in [6.07, 6.45) is 2.64. The van der Waals surface area contributed by atoms with Crippen LogP contribution in [0.15, 0.2) is 0 Å². The van der Waals surface area contributed by atoms with Crippen molar-refractivity contribution in [2.75, 3.05) is 24.3 Å². The van der Waals surface area contributed by atoms with Crippen LogP contribution in [0.25, 0.3) is 0 Å². The van der Waals surface area contributed by atoms with Crippen LogP contribution in [-0.4, -0.2) is 57.5 Å². The van der Waals surface area contributed by atoms with Crippen LogP contribution in [0.2, 0.25) is 0 Å². The number of hydrogen-bond acceptors (Lipinski definition) is 4. The van der Waals surface area contributed by atoms with Crippen LogP contribution in [0, 0.1) is 0 Å². The maximum atomic E-state index is 11.7. The van der Waals surface area contributed by atoms with E-state index in [1.165, 1.54) is 16.7 Å². The van der Waals surface area contributed by atoms with Gasteiger partial charge in [0.05, 0.1) is 5.75 Å². The number of nitrogens with zero attached hydrogens (tertiary/aromatic N) is 1. The lowest BCUT2D eigenvalue weighted by molar-refractivity contribution is -0.147. The third-order valence-electron chi connectivity index (χ3n) is 2.56. The van der Waals surface area contributed by atoms with Gasteiger partial charge in [0.1, 0.15) is 6.04 Å². The van der Waals surface area contributed by atoms with Gasteiger partial charge in [-0.2, -0.15) is 23.5 Å². The van der Waals surface area contributed by atoms with E-state index in [1.54, 1.807) is 11.8 Å². The molecule has 0 saturated carbocycles. The van der Waals surface area contributed by atoms with Crippen molar-refractivity contribution in [3.05, 3.63) is 0 Å². The second-order valence-electron chi connectivity index (χ2n) is 3.59. The molecule has 1 aliphatic rings. The summed E-state index contributed by atoms with van der Waals surface area (Å²) in [6.45, 7) is 2.59. The molecule has 0 aromatic rings. The molecule has 92 valence electrons. The van der Waals surface area contributed by atoms with Gasteiger partial charge in [0, 0.05) is 11.8 Å². The average molecular weight is 263 g/mol. The number of carbonyl (C=O) groups excluding carboxylic acids is 1. The fourth-order valence-electron chi connectivity index (χ4n) is 1.93. The maximum Gasteiger partial charge on any atom is 0.327 e. The van der Waals surface area contributed by atoms with Crippen LogP contribution >= 0.6 is 23.5 Å². The van der Waals surface area contributed by atoms with Gasteiger partial charge in [0.25, 0.3) is 0 Å². The number of aliphatic carboxylic acids is 1. The summed E-state index contributed by atoms with van der Waals surface area (Å²) >= 11 is 3.07. The average Bonchev–Trinajstić information content (AvgIpc) is 2.62. The van der Waals surface area contributed by atoms with Gasteiger partial charge in [0.15, 0.2) is 0 Å². The maximum absolute atomic E-state index is 11.7. The molecule has 1 aliphatic heterocycles. The first-order valence-electron chi connectivity index (χ1n) is 5.24. The number of thioether (sulfide) groups is 2. The van der Waals surface area contributed by atoms with E-state index in [1.807, 2.05) is 13.2 Å². The van der Waals surface area contributed by atoms with E-state index in [0.29, 0.717) is 12.3 Å². The molecule has 1 saturated heterocycles. The van der Waals surface area contributed by atoms with Crippen molar-refractivity contribution < 1.29 is 14.7 Å². The molecule has 1 heterocycles. The SMILES string of the molecule is CCS[C@H]1CCN(C(=O)CSC)[C@@H]1C(=O)O. The summed E-state index contributed by atoms with van der Waals surface area (Å²) in [5, 5.41) is 9.23. The molecule has 0 aliphatic carbocycles. The second kappa shape index (κ2) is 6.39. The minimum absolute atomic E-state index is 0.0494. The fourth-order valence-corrected chi connectivity index (χ4v) is 3.49. The minimum atomic E-state index is -0.877. The van der Waals surface area contributed by atoms with Crippen LogP contribution in [0.1, 0.15) is 13.3 Å². The summed E-state index contributed by atoms with van der Waals surface area (Å²) in [4.78, 5) is 24.5. The van der Waals surface area contributed by atoms with Crippen molar-refractivity contribution in [2.24, 2.45) is 0 Å². The Balaban J connectivity index is 2.71. The Morgan fingerprint density at radius 1 is 1.50 bits per heavy atom. The second-order valence-corrected chi connectivity index (χ2v) is 5.97. The summed E-state index contributed by atoms with van der Waals surface area (Å²) in [7, 11) is 0. The number of hydrogen-bond donors (Lipinski definition) is 1. The Morgan fingerprint density at radius 2 is 2.19 bits per heavy atom. The van der Waals surface area contributed by atoms with Gasteiger partial charge in [-0.1, -0.05) is 6.92 Å². The predicted molar refractivity (Wildman–Crippen MR) is 68.1 cm³/mol. The standard InChI is InChI=1S/C10H17NO3S2/c1-3-16-7-4-5-11(8(12)6-15-2)9(7)10(13)14/h7,9H,3-6H2,1-2H3,(H,13,14)/t7-,9-/m0/s1. The molecular formula is C10H17NO3S2. The third kappa shape index (κ3) is 3.07. The molecule has 1 fully saturated rings. The van der Waals surface area contributed by atoms with E-state index < -0.39 is 12.0 Å². The summed E-state index contributed by atoms with van der Waals surface area (Å²) in [6, 6.07) is -0.635. The molecule has 0 radical (unpaired) electrons.